The molecule has 1 atom stereocenters. The van der Waals surface area contributed by atoms with E-state index in [4.69, 9.17) is 9.05 Å². The van der Waals surface area contributed by atoms with Crippen LogP contribution >= 0.6 is 8.38 Å². The maximum atomic E-state index is 13.0. The molecular formula is C26H37N2O5P. The van der Waals surface area contributed by atoms with E-state index in [2.05, 4.69) is 5.32 Å². The molecule has 186 valence electrons. The average Bonchev–Trinajstić information content (AvgIpc) is 2.82. The van der Waals surface area contributed by atoms with Crippen molar-refractivity contribution in [1.82, 2.24) is 10.2 Å². The molecule has 7 nitrogen and oxygen atoms in total. The molecule has 8 heteroatoms. The van der Waals surface area contributed by atoms with Crippen molar-refractivity contribution in [3.05, 3.63) is 60.2 Å². The second-order valence-corrected chi connectivity index (χ2v) is 9.97. The molecular weight excluding hydrogens is 451 g/mol. The largest absolute Gasteiger partial charge is 0.480 e. The lowest BCUT2D eigenvalue weighted by molar-refractivity contribution is -0.139. The van der Waals surface area contributed by atoms with Crippen LogP contribution in [0.4, 0.5) is 4.79 Å². The molecule has 0 bridgehead atoms. The second-order valence-electron chi connectivity index (χ2n) is 8.34. The predicted octanol–water partition coefficient (Wildman–Crippen LogP) is 5.40. The van der Waals surface area contributed by atoms with E-state index < -0.39 is 20.4 Å². The Labute approximate surface area is 204 Å². The van der Waals surface area contributed by atoms with Gasteiger partial charge in [0.05, 0.1) is 13.2 Å². The number of amides is 2. The van der Waals surface area contributed by atoms with E-state index in [0.717, 1.165) is 16.7 Å². The summed E-state index contributed by atoms with van der Waals surface area (Å²) in [5.74, 6) is -0.819. The zero-order chi connectivity index (χ0) is 24.9. The van der Waals surface area contributed by atoms with Crippen molar-refractivity contribution in [3.8, 4) is 11.1 Å². The standard InChI is InChI=1S/C26H37N2O5P/c1-5-32-34(33-6-2)17-16-28(19-20(3)4)26(31)27-24(25(29)30)18-21-12-14-23(15-13-21)22-10-8-7-9-11-22/h7-15,20,24H,5-6,16-19H2,1-4H3,(H,27,31)(H,29,30)/t24-/m0/s1. The summed E-state index contributed by atoms with van der Waals surface area (Å²) in [6, 6.07) is 16.3. The molecule has 0 aliphatic heterocycles. The van der Waals surface area contributed by atoms with Crippen molar-refractivity contribution in [2.45, 2.75) is 40.2 Å². The zero-order valence-electron chi connectivity index (χ0n) is 20.6. The lowest BCUT2D eigenvalue weighted by atomic mass is 10.0. The number of nitrogens with zero attached hydrogens (tertiary/aromatic N) is 1. The number of urea groups is 1. The number of carboxylic acid groups (broad SMARTS) is 1. The highest BCUT2D eigenvalue weighted by Crippen LogP contribution is 2.37. The highest BCUT2D eigenvalue weighted by molar-refractivity contribution is 7.47. The van der Waals surface area contributed by atoms with Crippen LogP contribution in [0.5, 0.6) is 0 Å². The third-order valence-corrected chi connectivity index (χ3v) is 6.73. The summed E-state index contributed by atoms with van der Waals surface area (Å²) in [6.07, 6.45) is 0.784. The summed E-state index contributed by atoms with van der Waals surface area (Å²) < 4.78 is 11.3. The predicted molar refractivity (Wildman–Crippen MR) is 137 cm³/mol. The van der Waals surface area contributed by atoms with Crippen LogP contribution in [0.2, 0.25) is 0 Å². The molecule has 0 aliphatic carbocycles. The Kier molecular flexibility index (Phi) is 12.0. The van der Waals surface area contributed by atoms with Crippen molar-refractivity contribution >= 4 is 20.4 Å². The van der Waals surface area contributed by atoms with Gasteiger partial charge in [-0.15, -0.1) is 0 Å². The molecule has 0 saturated carbocycles. The van der Waals surface area contributed by atoms with Crippen molar-refractivity contribution in [3.63, 3.8) is 0 Å². The van der Waals surface area contributed by atoms with E-state index >= 15 is 0 Å². The minimum Gasteiger partial charge on any atom is -0.480 e. The number of hydrogen-bond donors (Lipinski definition) is 2. The van der Waals surface area contributed by atoms with E-state index in [9.17, 15) is 14.7 Å². The molecule has 0 spiro atoms. The van der Waals surface area contributed by atoms with Gasteiger partial charge in [0.1, 0.15) is 6.04 Å². The molecule has 0 heterocycles. The van der Waals surface area contributed by atoms with Crippen molar-refractivity contribution in [2.75, 3.05) is 32.5 Å². The van der Waals surface area contributed by atoms with Crippen molar-refractivity contribution in [2.24, 2.45) is 5.92 Å². The van der Waals surface area contributed by atoms with Crippen LogP contribution in [0.25, 0.3) is 11.1 Å². The van der Waals surface area contributed by atoms with E-state index in [1.807, 2.05) is 82.3 Å². The Hall–Kier alpha value is -2.47. The second kappa shape index (κ2) is 14.7. The van der Waals surface area contributed by atoms with Crippen LogP contribution in [-0.2, 0) is 20.3 Å². The first kappa shape index (κ1) is 27.8. The highest BCUT2D eigenvalue weighted by atomic mass is 31.2. The number of carbonyl (C=O) groups excluding carboxylic acids is 1. The van der Waals surface area contributed by atoms with Crippen LogP contribution in [0.1, 0.15) is 33.3 Å². The fourth-order valence-electron chi connectivity index (χ4n) is 3.51. The van der Waals surface area contributed by atoms with Crippen molar-refractivity contribution in [1.29, 1.82) is 0 Å². The highest BCUT2D eigenvalue weighted by Gasteiger charge is 2.25. The van der Waals surface area contributed by atoms with Gasteiger partial charge in [0.15, 0.2) is 8.38 Å². The summed E-state index contributed by atoms with van der Waals surface area (Å²) in [6.45, 7) is 9.93. The molecule has 2 amide bonds. The SMILES string of the molecule is CCOP(CCN(CC(C)C)C(=O)N[C@@H](Cc1ccc(-c2ccccc2)cc1)C(=O)O)OCC. The molecule has 0 aliphatic rings. The molecule has 2 aromatic carbocycles. The van der Waals surface area contributed by atoms with Gasteiger partial charge in [0, 0.05) is 25.7 Å². The van der Waals surface area contributed by atoms with Crippen molar-refractivity contribution < 1.29 is 23.7 Å². The Bertz CT molecular complexity index is 871. The Morgan fingerprint density at radius 2 is 1.56 bits per heavy atom. The number of carbonyl (C=O) groups is 2. The number of aliphatic carboxylic acids is 1. The fraction of sp³-hybridized carbons (Fsp3) is 0.462. The van der Waals surface area contributed by atoms with Crippen LogP contribution < -0.4 is 5.32 Å². The van der Waals surface area contributed by atoms with E-state index in [1.165, 1.54) is 0 Å². The molecule has 0 unspecified atom stereocenters. The summed E-state index contributed by atoms with van der Waals surface area (Å²) in [7, 11) is -1.08. The molecule has 34 heavy (non-hydrogen) atoms. The molecule has 2 rings (SSSR count). The van der Waals surface area contributed by atoms with Gasteiger partial charge in [-0.1, -0.05) is 68.4 Å². The molecule has 2 N–H and O–H groups in total. The van der Waals surface area contributed by atoms with Gasteiger partial charge in [-0.2, -0.15) is 0 Å². The number of hydrogen-bond acceptors (Lipinski definition) is 4. The lowest BCUT2D eigenvalue weighted by Gasteiger charge is -2.28. The molecule has 0 saturated heterocycles. The third kappa shape index (κ3) is 9.41. The van der Waals surface area contributed by atoms with Gasteiger partial charge in [0.2, 0.25) is 0 Å². The lowest BCUT2D eigenvalue weighted by Crippen LogP contribution is -2.50. The maximum Gasteiger partial charge on any atom is 0.326 e. The monoisotopic (exact) mass is 488 g/mol. The summed E-state index contributed by atoms with van der Waals surface area (Å²) in [5.41, 5.74) is 3.00. The van der Waals surface area contributed by atoms with Crippen LogP contribution in [0, 0.1) is 5.92 Å². The zero-order valence-corrected chi connectivity index (χ0v) is 21.5. The first-order chi connectivity index (χ1) is 16.3. The fourth-order valence-corrected chi connectivity index (χ4v) is 4.83. The maximum absolute atomic E-state index is 13.0. The van der Waals surface area contributed by atoms with Crippen LogP contribution in [0.3, 0.4) is 0 Å². The van der Waals surface area contributed by atoms with Gasteiger partial charge in [-0.3, -0.25) is 0 Å². The number of carboxylic acids is 1. The van der Waals surface area contributed by atoms with Crippen LogP contribution in [-0.4, -0.2) is 60.5 Å². The Morgan fingerprint density at radius 3 is 2.09 bits per heavy atom. The number of rotatable bonds is 14. The quantitative estimate of drug-likeness (QED) is 0.348. The molecule has 2 aromatic rings. The average molecular weight is 489 g/mol. The van der Waals surface area contributed by atoms with Crippen LogP contribution in [0.15, 0.2) is 54.6 Å². The summed E-state index contributed by atoms with van der Waals surface area (Å²) >= 11 is 0. The third-order valence-electron chi connectivity index (χ3n) is 5.07. The molecule has 0 radical (unpaired) electrons. The minimum atomic E-state index is -1.08. The van der Waals surface area contributed by atoms with Gasteiger partial charge < -0.3 is 24.4 Å². The topological polar surface area (TPSA) is 88.1 Å². The van der Waals surface area contributed by atoms with Gasteiger partial charge in [0.25, 0.3) is 0 Å². The van der Waals surface area contributed by atoms with Gasteiger partial charge in [-0.25, -0.2) is 9.59 Å². The Morgan fingerprint density at radius 1 is 0.971 bits per heavy atom. The van der Waals surface area contributed by atoms with E-state index in [1.54, 1.807) is 4.90 Å². The molecule has 0 aromatic heterocycles. The molecule has 0 fully saturated rings. The van der Waals surface area contributed by atoms with E-state index in [0.29, 0.717) is 32.5 Å². The summed E-state index contributed by atoms with van der Waals surface area (Å²) in [4.78, 5) is 26.6. The Balaban J connectivity index is 2.04. The normalized spacial score (nSPS) is 12.1. The number of benzene rings is 2. The first-order valence-electron chi connectivity index (χ1n) is 11.8. The minimum absolute atomic E-state index is 0.205. The number of nitrogens with one attached hydrogen (secondary N) is 1. The van der Waals surface area contributed by atoms with E-state index in [-0.39, 0.29) is 18.4 Å². The summed E-state index contributed by atoms with van der Waals surface area (Å²) in [5, 5.41) is 12.5. The smallest absolute Gasteiger partial charge is 0.326 e. The van der Waals surface area contributed by atoms with Gasteiger partial charge in [-0.05, 0) is 36.5 Å². The first-order valence-corrected chi connectivity index (χ1v) is 13.2. The van der Waals surface area contributed by atoms with Gasteiger partial charge >= 0.3 is 12.0 Å².